The molecule has 0 aromatic rings. The van der Waals surface area contributed by atoms with Crippen molar-refractivity contribution in [1.29, 1.82) is 0 Å². The summed E-state index contributed by atoms with van der Waals surface area (Å²) >= 11 is 3.54. The summed E-state index contributed by atoms with van der Waals surface area (Å²) in [5.74, 6) is 1.29. The van der Waals surface area contributed by atoms with E-state index >= 15 is 0 Å². The van der Waals surface area contributed by atoms with Gasteiger partial charge in [0.2, 0.25) is 10.0 Å². The Labute approximate surface area is 100 Å². The van der Waals surface area contributed by atoms with Crippen LogP contribution in [0.4, 0.5) is 0 Å². The van der Waals surface area contributed by atoms with E-state index in [1.807, 2.05) is 0 Å². The first kappa shape index (κ1) is 11.9. The predicted molar refractivity (Wildman–Crippen MR) is 64.6 cm³/mol. The van der Waals surface area contributed by atoms with E-state index in [4.69, 9.17) is 0 Å². The summed E-state index contributed by atoms with van der Waals surface area (Å²) in [5, 5.41) is 0. The number of piperidine rings is 1. The molecule has 0 radical (unpaired) electrons. The highest BCUT2D eigenvalue weighted by atomic mass is 79.9. The van der Waals surface area contributed by atoms with Crippen molar-refractivity contribution in [2.75, 3.05) is 18.8 Å². The van der Waals surface area contributed by atoms with Crippen LogP contribution in [-0.2, 0) is 10.0 Å². The SMILES string of the molecule is CC1CC(Br)CN(S(=O)(=O)CC2CC2)C1. The fourth-order valence-electron chi connectivity index (χ4n) is 2.14. The Hall–Kier alpha value is 0.390. The summed E-state index contributed by atoms with van der Waals surface area (Å²) in [6.07, 6.45) is 3.27. The first-order valence-corrected chi connectivity index (χ1v) is 8.12. The van der Waals surface area contributed by atoms with Gasteiger partial charge in [0, 0.05) is 17.9 Å². The number of alkyl halides is 1. The molecule has 15 heavy (non-hydrogen) atoms. The largest absolute Gasteiger partial charge is 0.214 e. The number of sulfonamides is 1. The van der Waals surface area contributed by atoms with Crippen molar-refractivity contribution in [2.24, 2.45) is 11.8 Å². The average Bonchev–Trinajstić information content (AvgIpc) is 2.85. The Morgan fingerprint density at radius 3 is 2.53 bits per heavy atom. The van der Waals surface area contributed by atoms with E-state index in [1.165, 1.54) is 0 Å². The van der Waals surface area contributed by atoms with Crippen LogP contribution in [0.15, 0.2) is 0 Å². The molecule has 1 heterocycles. The lowest BCUT2D eigenvalue weighted by Crippen LogP contribution is -2.44. The standard InChI is InChI=1S/C10H18BrNO2S/c1-8-4-10(11)6-12(5-8)15(13,14)7-9-2-3-9/h8-10H,2-7H2,1H3. The molecular weight excluding hydrogens is 278 g/mol. The second-order valence-electron chi connectivity index (χ2n) is 4.98. The Morgan fingerprint density at radius 1 is 1.33 bits per heavy atom. The molecule has 0 spiro atoms. The first-order valence-electron chi connectivity index (χ1n) is 5.59. The molecule has 2 unspecified atom stereocenters. The molecule has 0 amide bonds. The van der Waals surface area contributed by atoms with Gasteiger partial charge < -0.3 is 0 Å². The van der Waals surface area contributed by atoms with Crippen molar-refractivity contribution in [2.45, 2.75) is 31.0 Å². The maximum Gasteiger partial charge on any atom is 0.214 e. The minimum atomic E-state index is -2.98. The maximum absolute atomic E-state index is 12.0. The zero-order chi connectivity index (χ0) is 11.1. The van der Waals surface area contributed by atoms with Crippen LogP contribution < -0.4 is 0 Å². The Balaban J connectivity index is 2.01. The second kappa shape index (κ2) is 4.34. The minimum absolute atomic E-state index is 0.329. The molecule has 5 heteroatoms. The lowest BCUT2D eigenvalue weighted by molar-refractivity contribution is 0.290. The zero-order valence-corrected chi connectivity index (χ0v) is 11.4. The molecule has 0 N–H and O–H groups in total. The van der Waals surface area contributed by atoms with Gasteiger partial charge in [0.1, 0.15) is 0 Å². The second-order valence-corrected chi connectivity index (χ2v) is 8.29. The molecule has 1 saturated carbocycles. The van der Waals surface area contributed by atoms with Gasteiger partial charge in [0.05, 0.1) is 5.75 Å². The van der Waals surface area contributed by atoms with Crippen LogP contribution in [0.25, 0.3) is 0 Å². The van der Waals surface area contributed by atoms with Gasteiger partial charge in [0.15, 0.2) is 0 Å². The quantitative estimate of drug-likeness (QED) is 0.745. The van der Waals surface area contributed by atoms with Gasteiger partial charge in [-0.15, -0.1) is 0 Å². The fourth-order valence-corrected chi connectivity index (χ4v) is 5.35. The average molecular weight is 296 g/mol. The highest BCUT2D eigenvalue weighted by molar-refractivity contribution is 9.09. The van der Waals surface area contributed by atoms with Gasteiger partial charge in [-0.3, -0.25) is 0 Å². The van der Waals surface area contributed by atoms with Crippen LogP contribution in [0, 0.1) is 11.8 Å². The zero-order valence-electron chi connectivity index (χ0n) is 9.02. The summed E-state index contributed by atoms with van der Waals surface area (Å²) in [4.78, 5) is 0.329. The molecule has 2 fully saturated rings. The molecule has 0 aromatic heterocycles. The Kier molecular flexibility index (Phi) is 3.43. The highest BCUT2D eigenvalue weighted by Gasteiger charge is 2.35. The lowest BCUT2D eigenvalue weighted by Gasteiger charge is -2.33. The van der Waals surface area contributed by atoms with Crippen LogP contribution >= 0.6 is 15.9 Å². The van der Waals surface area contributed by atoms with E-state index < -0.39 is 10.0 Å². The number of halogens is 1. The van der Waals surface area contributed by atoms with Crippen molar-refractivity contribution in [3.63, 3.8) is 0 Å². The topological polar surface area (TPSA) is 37.4 Å². The number of rotatable bonds is 3. The summed E-state index contributed by atoms with van der Waals surface area (Å²) in [6.45, 7) is 3.48. The van der Waals surface area contributed by atoms with Crippen LogP contribution in [0.2, 0.25) is 0 Å². The molecule has 1 saturated heterocycles. The molecular formula is C10H18BrNO2S. The Morgan fingerprint density at radius 2 is 2.00 bits per heavy atom. The van der Waals surface area contributed by atoms with Gasteiger partial charge in [-0.05, 0) is 31.1 Å². The summed E-state index contributed by atoms with van der Waals surface area (Å²) in [5.41, 5.74) is 0. The summed E-state index contributed by atoms with van der Waals surface area (Å²) in [6, 6.07) is 0. The molecule has 2 atom stereocenters. The van der Waals surface area contributed by atoms with Crippen molar-refractivity contribution in [1.82, 2.24) is 4.31 Å². The van der Waals surface area contributed by atoms with Gasteiger partial charge >= 0.3 is 0 Å². The molecule has 2 aliphatic rings. The van der Waals surface area contributed by atoms with Crippen LogP contribution in [0.3, 0.4) is 0 Å². The van der Waals surface area contributed by atoms with Gasteiger partial charge in [-0.2, -0.15) is 0 Å². The van der Waals surface area contributed by atoms with E-state index in [2.05, 4.69) is 22.9 Å². The van der Waals surface area contributed by atoms with E-state index in [9.17, 15) is 8.42 Å². The van der Waals surface area contributed by atoms with Crippen LogP contribution in [-0.4, -0.2) is 36.4 Å². The number of nitrogens with zero attached hydrogens (tertiary/aromatic N) is 1. The first-order chi connectivity index (χ1) is 6.97. The monoisotopic (exact) mass is 295 g/mol. The van der Waals surface area contributed by atoms with E-state index in [0.717, 1.165) is 19.3 Å². The van der Waals surface area contributed by atoms with Crippen LogP contribution in [0.5, 0.6) is 0 Å². The lowest BCUT2D eigenvalue weighted by atomic mass is 10.0. The molecule has 0 aromatic carbocycles. The smallest absolute Gasteiger partial charge is 0.212 e. The van der Waals surface area contributed by atoms with Crippen molar-refractivity contribution >= 4 is 26.0 Å². The van der Waals surface area contributed by atoms with Gasteiger partial charge in [0.25, 0.3) is 0 Å². The summed E-state index contributed by atoms with van der Waals surface area (Å²) < 4.78 is 25.7. The van der Waals surface area contributed by atoms with Crippen molar-refractivity contribution < 1.29 is 8.42 Å². The van der Waals surface area contributed by atoms with E-state index in [-0.39, 0.29) is 0 Å². The third kappa shape index (κ3) is 3.17. The van der Waals surface area contributed by atoms with Gasteiger partial charge in [-0.25, -0.2) is 12.7 Å². The molecule has 1 aliphatic carbocycles. The minimum Gasteiger partial charge on any atom is -0.212 e. The van der Waals surface area contributed by atoms with Crippen LogP contribution in [0.1, 0.15) is 26.2 Å². The number of hydrogen-bond donors (Lipinski definition) is 0. The number of hydrogen-bond acceptors (Lipinski definition) is 2. The third-order valence-corrected chi connectivity index (χ3v) is 5.75. The molecule has 0 bridgehead atoms. The highest BCUT2D eigenvalue weighted by Crippen LogP contribution is 2.32. The molecule has 3 nitrogen and oxygen atoms in total. The molecule has 1 aliphatic heterocycles. The van der Waals surface area contributed by atoms with Crippen molar-refractivity contribution in [3.8, 4) is 0 Å². The fraction of sp³-hybridized carbons (Fsp3) is 1.00. The Bertz CT molecular complexity index is 316. The molecule has 2 rings (SSSR count). The van der Waals surface area contributed by atoms with E-state index in [1.54, 1.807) is 4.31 Å². The summed E-state index contributed by atoms with van der Waals surface area (Å²) in [7, 11) is -2.98. The normalized spacial score (nSPS) is 34.3. The van der Waals surface area contributed by atoms with Crippen molar-refractivity contribution in [3.05, 3.63) is 0 Å². The molecule has 88 valence electrons. The van der Waals surface area contributed by atoms with Gasteiger partial charge in [-0.1, -0.05) is 22.9 Å². The third-order valence-electron chi connectivity index (χ3n) is 3.11. The predicted octanol–water partition coefficient (Wildman–Crippen LogP) is 1.83. The van der Waals surface area contributed by atoms with E-state index in [0.29, 0.717) is 35.5 Å². The maximum atomic E-state index is 12.0.